The first-order valence-electron chi connectivity index (χ1n) is 7.05. The Balaban J connectivity index is 2.10. The van der Waals surface area contributed by atoms with Crippen molar-refractivity contribution < 1.29 is 0 Å². The van der Waals surface area contributed by atoms with Crippen molar-refractivity contribution in [3.05, 3.63) is 11.8 Å². The van der Waals surface area contributed by atoms with Crippen LogP contribution in [0.2, 0.25) is 0 Å². The van der Waals surface area contributed by atoms with Gasteiger partial charge in [0.15, 0.2) is 0 Å². The Labute approximate surface area is 110 Å². The van der Waals surface area contributed by atoms with E-state index < -0.39 is 0 Å². The minimum absolute atomic E-state index is 0.279. The van der Waals surface area contributed by atoms with E-state index in [4.69, 9.17) is 0 Å². The fourth-order valence-electron chi connectivity index (χ4n) is 2.31. The maximum absolute atomic E-state index is 4.59. The van der Waals surface area contributed by atoms with Crippen LogP contribution in [0.5, 0.6) is 0 Å². The highest BCUT2D eigenvalue weighted by molar-refractivity contribution is 5.48. The van der Waals surface area contributed by atoms with Crippen molar-refractivity contribution in [3.8, 4) is 0 Å². The number of anilines is 2. The van der Waals surface area contributed by atoms with E-state index in [0.29, 0.717) is 0 Å². The van der Waals surface area contributed by atoms with Gasteiger partial charge in [-0.2, -0.15) is 4.98 Å². The van der Waals surface area contributed by atoms with Gasteiger partial charge in [0, 0.05) is 23.8 Å². The molecule has 0 unspecified atom stereocenters. The molecule has 0 aliphatic heterocycles. The minimum Gasteiger partial charge on any atom is -0.364 e. The lowest BCUT2D eigenvalue weighted by molar-refractivity contribution is 0.268. The monoisotopic (exact) mass is 248 g/mol. The summed E-state index contributed by atoms with van der Waals surface area (Å²) in [4.78, 5) is 8.91. The van der Waals surface area contributed by atoms with E-state index in [1.807, 2.05) is 6.20 Å². The van der Waals surface area contributed by atoms with Crippen molar-refractivity contribution >= 4 is 11.8 Å². The van der Waals surface area contributed by atoms with E-state index in [2.05, 4.69) is 41.4 Å². The second-order valence-electron chi connectivity index (χ2n) is 5.26. The van der Waals surface area contributed by atoms with Crippen molar-refractivity contribution in [2.24, 2.45) is 0 Å². The van der Waals surface area contributed by atoms with Crippen molar-refractivity contribution in [3.63, 3.8) is 0 Å². The molecule has 1 aromatic rings. The van der Waals surface area contributed by atoms with Gasteiger partial charge in [0.1, 0.15) is 5.82 Å². The van der Waals surface area contributed by atoms with Crippen LogP contribution in [0, 0.1) is 6.92 Å². The first kappa shape index (κ1) is 13.1. The number of aryl methyl sites for hydroxylation is 1. The highest BCUT2D eigenvalue weighted by Gasteiger charge is 2.35. The highest BCUT2D eigenvalue weighted by atomic mass is 15.2. The summed E-state index contributed by atoms with van der Waals surface area (Å²) in [5.74, 6) is 1.72. The van der Waals surface area contributed by atoms with Crippen LogP contribution in [-0.4, -0.2) is 22.1 Å². The van der Waals surface area contributed by atoms with E-state index >= 15 is 0 Å². The molecule has 1 fully saturated rings. The van der Waals surface area contributed by atoms with Gasteiger partial charge in [-0.25, -0.2) is 4.98 Å². The van der Waals surface area contributed by atoms with Crippen molar-refractivity contribution in [2.75, 3.05) is 17.2 Å². The summed E-state index contributed by atoms with van der Waals surface area (Å²) in [6, 6.07) is 0. The molecular formula is C14H24N4. The lowest BCUT2D eigenvalue weighted by atomic mass is 9.75. The second kappa shape index (κ2) is 5.55. The van der Waals surface area contributed by atoms with E-state index in [9.17, 15) is 0 Å². The molecular weight excluding hydrogens is 224 g/mol. The van der Waals surface area contributed by atoms with Crippen molar-refractivity contribution in [2.45, 2.75) is 58.4 Å². The zero-order valence-corrected chi connectivity index (χ0v) is 11.7. The molecule has 2 N–H and O–H groups in total. The van der Waals surface area contributed by atoms with Gasteiger partial charge in [-0.3, -0.25) is 0 Å². The minimum atomic E-state index is 0.279. The molecule has 0 amide bonds. The maximum atomic E-state index is 4.59. The molecule has 18 heavy (non-hydrogen) atoms. The van der Waals surface area contributed by atoms with Crippen molar-refractivity contribution in [1.82, 2.24) is 9.97 Å². The topological polar surface area (TPSA) is 49.8 Å². The molecule has 0 atom stereocenters. The van der Waals surface area contributed by atoms with Crippen LogP contribution in [0.1, 0.15) is 51.5 Å². The zero-order valence-electron chi connectivity index (χ0n) is 11.7. The molecule has 2 rings (SSSR count). The quantitative estimate of drug-likeness (QED) is 0.810. The van der Waals surface area contributed by atoms with E-state index in [-0.39, 0.29) is 5.54 Å². The summed E-state index contributed by atoms with van der Waals surface area (Å²) in [5, 5.41) is 6.88. The molecule has 4 nitrogen and oxygen atoms in total. The average molecular weight is 248 g/mol. The Bertz CT molecular complexity index is 393. The van der Waals surface area contributed by atoms with Gasteiger partial charge < -0.3 is 10.6 Å². The van der Waals surface area contributed by atoms with Gasteiger partial charge in [-0.1, -0.05) is 13.8 Å². The molecule has 0 saturated heterocycles. The van der Waals surface area contributed by atoms with Crippen LogP contribution in [0.25, 0.3) is 0 Å². The molecule has 0 spiro atoms. The SMILES string of the molecule is CCCNc1ncc(C)c(NC2(CC)CCC2)n1. The van der Waals surface area contributed by atoms with Gasteiger partial charge in [-0.15, -0.1) is 0 Å². The number of hydrogen-bond donors (Lipinski definition) is 2. The third-order valence-corrected chi connectivity index (χ3v) is 3.88. The summed E-state index contributed by atoms with van der Waals surface area (Å²) >= 11 is 0. The number of nitrogens with one attached hydrogen (secondary N) is 2. The largest absolute Gasteiger partial charge is 0.364 e. The molecule has 1 aliphatic rings. The second-order valence-corrected chi connectivity index (χ2v) is 5.26. The van der Waals surface area contributed by atoms with Gasteiger partial charge in [0.2, 0.25) is 5.95 Å². The lowest BCUT2D eigenvalue weighted by Crippen LogP contribution is -2.44. The number of rotatable bonds is 6. The van der Waals surface area contributed by atoms with Crippen LogP contribution in [0.15, 0.2) is 6.20 Å². The van der Waals surface area contributed by atoms with Gasteiger partial charge in [-0.05, 0) is 39.0 Å². The van der Waals surface area contributed by atoms with Crippen LogP contribution < -0.4 is 10.6 Å². The molecule has 1 saturated carbocycles. The van der Waals surface area contributed by atoms with Crippen LogP contribution in [0.4, 0.5) is 11.8 Å². The third kappa shape index (κ3) is 2.74. The molecule has 1 heterocycles. The predicted molar refractivity (Wildman–Crippen MR) is 76.0 cm³/mol. The van der Waals surface area contributed by atoms with E-state index in [0.717, 1.165) is 36.7 Å². The molecule has 4 heteroatoms. The summed E-state index contributed by atoms with van der Waals surface area (Å²) < 4.78 is 0. The molecule has 100 valence electrons. The van der Waals surface area contributed by atoms with Crippen LogP contribution >= 0.6 is 0 Å². The zero-order chi connectivity index (χ0) is 13.0. The predicted octanol–water partition coefficient (Wildman–Crippen LogP) is 3.35. The van der Waals surface area contributed by atoms with Crippen LogP contribution in [-0.2, 0) is 0 Å². The maximum Gasteiger partial charge on any atom is 0.224 e. The first-order chi connectivity index (χ1) is 8.69. The Morgan fingerprint density at radius 1 is 1.33 bits per heavy atom. The summed E-state index contributed by atoms with van der Waals surface area (Å²) in [5.41, 5.74) is 1.40. The first-order valence-corrected chi connectivity index (χ1v) is 7.05. The summed E-state index contributed by atoms with van der Waals surface area (Å²) in [6.45, 7) is 7.37. The fraction of sp³-hybridized carbons (Fsp3) is 0.714. The Kier molecular flexibility index (Phi) is 4.04. The molecule has 0 aromatic carbocycles. The average Bonchev–Trinajstić information content (AvgIpc) is 2.34. The molecule has 1 aliphatic carbocycles. The van der Waals surface area contributed by atoms with Crippen LogP contribution in [0.3, 0.4) is 0 Å². The fourth-order valence-corrected chi connectivity index (χ4v) is 2.31. The smallest absolute Gasteiger partial charge is 0.224 e. The molecule has 0 bridgehead atoms. The number of nitrogens with zero attached hydrogens (tertiary/aromatic N) is 2. The Morgan fingerprint density at radius 2 is 2.11 bits per heavy atom. The molecule has 1 aromatic heterocycles. The highest BCUT2D eigenvalue weighted by Crippen LogP contribution is 2.38. The lowest BCUT2D eigenvalue weighted by Gasteiger charge is -2.42. The number of hydrogen-bond acceptors (Lipinski definition) is 4. The Morgan fingerprint density at radius 3 is 2.67 bits per heavy atom. The van der Waals surface area contributed by atoms with E-state index in [1.165, 1.54) is 19.3 Å². The van der Waals surface area contributed by atoms with Crippen molar-refractivity contribution in [1.29, 1.82) is 0 Å². The van der Waals surface area contributed by atoms with Gasteiger partial charge >= 0.3 is 0 Å². The Hall–Kier alpha value is -1.32. The van der Waals surface area contributed by atoms with Gasteiger partial charge in [0.25, 0.3) is 0 Å². The number of aromatic nitrogens is 2. The van der Waals surface area contributed by atoms with E-state index in [1.54, 1.807) is 0 Å². The standard InChI is InChI=1S/C14H24N4/c1-4-9-15-13-16-10-11(3)12(17-13)18-14(5-2)7-6-8-14/h10H,4-9H2,1-3H3,(H2,15,16,17,18). The summed E-state index contributed by atoms with van der Waals surface area (Å²) in [6.07, 6.45) is 7.98. The normalized spacial score (nSPS) is 17.1. The summed E-state index contributed by atoms with van der Waals surface area (Å²) in [7, 11) is 0. The molecule has 0 radical (unpaired) electrons. The van der Waals surface area contributed by atoms with Gasteiger partial charge in [0.05, 0.1) is 0 Å². The third-order valence-electron chi connectivity index (χ3n) is 3.88.